The molecule has 0 spiro atoms. The molecule has 1 heterocycles. The van der Waals surface area contributed by atoms with E-state index in [-0.39, 0.29) is 12.0 Å². The van der Waals surface area contributed by atoms with Crippen molar-refractivity contribution in [1.29, 1.82) is 0 Å². The number of halogens is 2. The molecule has 2 rings (SSSR count). The zero-order valence-electron chi connectivity index (χ0n) is 10.2. The second kappa shape index (κ2) is 6.04. The molecule has 0 unspecified atom stereocenters. The van der Waals surface area contributed by atoms with Gasteiger partial charge in [-0.25, -0.2) is 0 Å². The van der Waals surface area contributed by atoms with Crippen LogP contribution in [0.25, 0.3) is 11.4 Å². The highest BCUT2D eigenvalue weighted by atomic mass is 35.5. The molecule has 0 atom stereocenters. The van der Waals surface area contributed by atoms with Crippen molar-refractivity contribution in [3.05, 3.63) is 28.2 Å². The number of benzene rings is 1. The average Bonchev–Trinajstić information content (AvgIpc) is 2.39. The summed E-state index contributed by atoms with van der Waals surface area (Å²) in [6.45, 7) is 2.49. The van der Waals surface area contributed by atoms with E-state index >= 15 is 0 Å². The summed E-state index contributed by atoms with van der Waals surface area (Å²) < 4.78 is 5.35. The van der Waals surface area contributed by atoms with Gasteiger partial charge in [0, 0.05) is 5.56 Å². The zero-order valence-corrected chi connectivity index (χ0v) is 11.7. The highest BCUT2D eigenvalue weighted by Gasteiger charge is 2.12. The molecule has 0 aliphatic heterocycles. The second-order valence-corrected chi connectivity index (χ2v) is 4.53. The third-order valence-electron chi connectivity index (χ3n) is 2.26. The van der Waals surface area contributed by atoms with Gasteiger partial charge in [-0.2, -0.15) is 15.0 Å². The van der Waals surface area contributed by atoms with Crippen LogP contribution in [0.2, 0.25) is 10.0 Å². The molecule has 1 aromatic heterocycles. The van der Waals surface area contributed by atoms with Crippen molar-refractivity contribution in [2.45, 2.75) is 13.3 Å². The van der Waals surface area contributed by atoms with Crippen LogP contribution in [-0.4, -0.2) is 21.6 Å². The average molecular weight is 299 g/mol. The number of anilines is 1. The summed E-state index contributed by atoms with van der Waals surface area (Å²) in [5.74, 6) is 0.415. The van der Waals surface area contributed by atoms with Crippen LogP contribution >= 0.6 is 23.2 Å². The van der Waals surface area contributed by atoms with Crippen molar-refractivity contribution in [2.24, 2.45) is 0 Å². The first-order chi connectivity index (χ1) is 9.11. The first-order valence-electron chi connectivity index (χ1n) is 5.70. The van der Waals surface area contributed by atoms with Crippen LogP contribution < -0.4 is 10.5 Å². The fraction of sp³-hybridized carbons (Fsp3) is 0.250. The summed E-state index contributed by atoms with van der Waals surface area (Å²) in [5, 5.41) is 0.797. The van der Waals surface area contributed by atoms with Gasteiger partial charge in [0.25, 0.3) is 0 Å². The predicted octanol–water partition coefficient (Wildman–Crippen LogP) is 3.22. The lowest BCUT2D eigenvalue weighted by Gasteiger charge is -2.07. The van der Waals surface area contributed by atoms with Crippen LogP contribution in [0.15, 0.2) is 18.2 Å². The molecule has 0 radical (unpaired) electrons. The van der Waals surface area contributed by atoms with E-state index in [2.05, 4.69) is 15.0 Å². The van der Waals surface area contributed by atoms with Gasteiger partial charge < -0.3 is 10.5 Å². The van der Waals surface area contributed by atoms with Gasteiger partial charge in [0.05, 0.1) is 16.7 Å². The van der Waals surface area contributed by atoms with E-state index in [1.807, 2.05) is 6.92 Å². The third-order valence-corrected chi connectivity index (χ3v) is 3.08. The van der Waals surface area contributed by atoms with Crippen LogP contribution in [-0.2, 0) is 0 Å². The Labute approximate surface area is 120 Å². The van der Waals surface area contributed by atoms with Gasteiger partial charge >= 0.3 is 6.01 Å². The Morgan fingerprint density at radius 1 is 1.21 bits per heavy atom. The van der Waals surface area contributed by atoms with E-state index < -0.39 is 0 Å². The quantitative estimate of drug-likeness (QED) is 0.938. The number of hydrogen-bond donors (Lipinski definition) is 1. The minimum Gasteiger partial charge on any atom is -0.463 e. The molecule has 1 aromatic carbocycles. The number of hydrogen-bond acceptors (Lipinski definition) is 5. The number of nitrogen functional groups attached to an aromatic ring is 1. The van der Waals surface area contributed by atoms with Crippen LogP contribution in [0.4, 0.5) is 5.95 Å². The summed E-state index contributed by atoms with van der Waals surface area (Å²) in [6.07, 6.45) is 0.846. The number of aromatic nitrogens is 3. The largest absolute Gasteiger partial charge is 0.463 e. The van der Waals surface area contributed by atoms with Crippen molar-refractivity contribution in [3.8, 4) is 17.4 Å². The molecule has 2 aromatic rings. The van der Waals surface area contributed by atoms with Gasteiger partial charge in [0.2, 0.25) is 5.95 Å². The molecule has 0 amide bonds. The van der Waals surface area contributed by atoms with Crippen LogP contribution in [0.5, 0.6) is 6.01 Å². The monoisotopic (exact) mass is 298 g/mol. The van der Waals surface area contributed by atoms with Crippen LogP contribution in [0.3, 0.4) is 0 Å². The maximum absolute atomic E-state index is 6.12. The molecule has 0 bridgehead atoms. The molecule has 100 valence electrons. The number of nitrogens with two attached hydrogens (primary N) is 1. The second-order valence-electron chi connectivity index (χ2n) is 3.75. The smallest absolute Gasteiger partial charge is 0.321 e. The van der Waals surface area contributed by atoms with Gasteiger partial charge in [-0.05, 0) is 18.6 Å². The molecule has 19 heavy (non-hydrogen) atoms. The van der Waals surface area contributed by atoms with Crippen molar-refractivity contribution < 1.29 is 4.74 Å². The highest BCUT2D eigenvalue weighted by Crippen LogP contribution is 2.32. The molecule has 0 fully saturated rings. The third kappa shape index (κ3) is 3.24. The predicted molar refractivity (Wildman–Crippen MR) is 75.5 cm³/mol. The Morgan fingerprint density at radius 3 is 2.74 bits per heavy atom. The van der Waals surface area contributed by atoms with Crippen molar-refractivity contribution >= 4 is 29.2 Å². The lowest BCUT2D eigenvalue weighted by molar-refractivity contribution is 0.292. The number of nitrogens with zero attached hydrogens (tertiary/aromatic N) is 3. The van der Waals surface area contributed by atoms with E-state index in [9.17, 15) is 0 Å². The molecule has 5 nitrogen and oxygen atoms in total. The standard InChI is InChI=1S/C12H12Cl2N4O/c1-2-6-19-12-17-10(16-11(15)18-12)7-4-3-5-8(13)9(7)14/h3-5H,2,6H2,1H3,(H2,15,16,17,18). The Bertz CT molecular complexity index is 592. The first-order valence-corrected chi connectivity index (χ1v) is 6.46. The Hall–Kier alpha value is -1.59. The van der Waals surface area contributed by atoms with Gasteiger partial charge in [0.15, 0.2) is 5.82 Å². The molecular weight excluding hydrogens is 287 g/mol. The SMILES string of the molecule is CCCOc1nc(N)nc(-c2cccc(Cl)c2Cl)n1. The fourth-order valence-electron chi connectivity index (χ4n) is 1.43. The Kier molecular flexibility index (Phi) is 4.39. The molecule has 0 saturated heterocycles. The normalized spacial score (nSPS) is 10.5. The maximum atomic E-state index is 6.12. The zero-order chi connectivity index (χ0) is 13.8. The Morgan fingerprint density at radius 2 is 2.00 bits per heavy atom. The topological polar surface area (TPSA) is 73.9 Å². The summed E-state index contributed by atoms with van der Waals surface area (Å²) in [4.78, 5) is 12.1. The molecule has 0 saturated carbocycles. The lowest BCUT2D eigenvalue weighted by Crippen LogP contribution is -2.06. The number of ether oxygens (including phenoxy) is 1. The summed E-state index contributed by atoms with van der Waals surface area (Å²) >= 11 is 12.1. The van der Waals surface area contributed by atoms with E-state index in [1.165, 1.54) is 0 Å². The molecule has 7 heteroatoms. The number of rotatable bonds is 4. The van der Waals surface area contributed by atoms with Gasteiger partial charge in [-0.3, -0.25) is 0 Å². The van der Waals surface area contributed by atoms with E-state index in [4.69, 9.17) is 33.7 Å². The molecule has 0 aliphatic rings. The van der Waals surface area contributed by atoms with Gasteiger partial charge in [-0.15, -0.1) is 0 Å². The van der Waals surface area contributed by atoms with E-state index in [0.29, 0.717) is 28.0 Å². The fourth-order valence-corrected chi connectivity index (χ4v) is 1.81. The summed E-state index contributed by atoms with van der Waals surface area (Å²) in [7, 11) is 0. The van der Waals surface area contributed by atoms with Crippen LogP contribution in [0, 0.1) is 0 Å². The molecule has 0 aliphatic carbocycles. The van der Waals surface area contributed by atoms with E-state index in [0.717, 1.165) is 6.42 Å². The minimum atomic E-state index is 0.0761. The highest BCUT2D eigenvalue weighted by molar-refractivity contribution is 6.43. The van der Waals surface area contributed by atoms with Gasteiger partial charge in [0.1, 0.15) is 0 Å². The van der Waals surface area contributed by atoms with Crippen molar-refractivity contribution in [1.82, 2.24) is 15.0 Å². The summed E-state index contributed by atoms with van der Waals surface area (Å²) in [5.41, 5.74) is 6.23. The van der Waals surface area contributed by atoms with Crippen LogP contribution in [0.1, 0.15) is 13.3 Å². The van der Waals surface area contributed by atoms with E-state index in [1.54, 1.807) is 18.2 Å². The molecular formula is C12H12Cl2N4O. The first kappa shape index (κ1) is 13.8. The minimum absolute atomic E-state index is 0.0761. The van der Waals surface area contributed by atoms with Crippen molar-refractivity contribution in [2.75, 3.05) is 12.3 Å². The van der Waals surface area contributed by atoms with Gasteiger partial charge in [-0.1, -0.05) is 36.2 Å². The summed E-state index contributed by atoms with van der Waals surface area (Å²) in [6, 6.07) is 5.38. The maximum Gasteiger partial charge on any atom is 0.321 e. The van der Waals surface area contributed by atoms with Crippen molar-refractivity contribution in [3.63, 3.8) is 0 Å². The Balaban J connectivity index is 2.44. The molecule has 2 N–H and O–H groups in total. The lowest BCUT2D eigenvalue weighted by atomic mass is 10.2.